The number of rotatable bonds is 3. The Hall–Kier alpha value is -1.91. The van der Waals surface area contributed by atoms with Crippen LogP contribution in [0.25, 0.3) is 0 Å². The predicted molar refractivity (Wildman–Crippen MR) is 48.8 cm³/mol. The number of nitro groups is 1. The summed E-state index contributed by atoms with van der Waals surface area (Å²) in [6, 6.07) is 4.50. The van der Waals surface area contributed by atoms with E-state index in [1.54, 1.807) is 13.0 Å². The third-order valence-corrected chi connectivity index (χ3v) is 1.98. The Morgan fingerprint density at radius 3 is 2.71 bits per heavy atom. The van der Waals surface area contributed by atoms with Crippen LogP contribution in [0, 0.1) is 17.0 Å². The first-order valence-electron chi connectivity index (χ1n) is 3.96. The van der Waals surface area contributed by atoms with E-state index in [0.717, 1.165) is 0 Å². The summed E-state index contributed by atoms with van der Waals surface area (Å²) in [4.78, 5) is 20.5. The van der Waals surface area contributed by atoms with E-state index in [1.807, 2.05) is 0 Å². The van der Waals surface area contributed by atoms with Crippen molar-refractivity contribution in [3.8, 4) is 0 Å². The molecule has 1 rings (SSSR count). The molecule has 5 heteroatoms. The van der Waals surface area contributed by atoms with Crippen LogP contribution < -0.4 is 0 Å². The van der Waals surface area contributed by atoms with Crippen molar-refractivity contribution in [3.05, 3.63) is 45.0 Å². The molecule has 0 saturated heterocycles. The quantitative estimate of drug-likeness (QED) is 0.585. The number of carboxylic acid groups (broad SMARTS) is 1. The second-order valence-corrected chi connectivity index (χ2v) is 2.89. The minimum Gasteiger partial charge on any atom is -0.478 e. The zero-order valence-corrected chi connectivity index (χ0v) is 7.56. The average Bonchev–Trinajstić information content (AvgIpc) is 2.07. The van der Waals surface area contributed by atoms with Crippen LogP contribution in [0.4, 0.5) is 0 Å². The molecule has 0 aliphatic carbocycles. The summed E-state index contributed by atoms with van der Waals surface area (Å²) < 4.78 is 0. The highest BCUT2D eigenvalue weighted by Crippen LogP contribution is 2.14. The average molecular weight is 195 g/mol. The molecule has 0 atom stereocenters. The SMILES string of the molecule is Cc1c(C[N+](=O)[O-])cccc1C(=O)O. The fraction of sp³-hybridized carbons (Fsp3) is 0.222. The number of carboxylic acids is 1. The zero-order chi connectivity index (χ0) is 10.7. The summed E-state index contributed by atoms with van der Waals surface area (Å²) >= 11 is 0. The molecule has 0 unspecified atom stereocenters. The summed E-state index contributed by atoms with van der Waals surface area (Å²) in [6.07, 6.45) is 0. The first kappa shape index (κ1) is 10.2. The number of hydrogen-bond donors (Lipinski definition) is 1. The van der Waals surface area contributed by atoms with Gasteiger partial charge in [-0.2, -0.15) is 0 Å². The minimum absolute atomic E-state index is 0.115. The van der Waals surface area contributed by atoms with Crippen molar-refractivity contribution in [3.63, 3.8) is 0 Å². The molecule has 5 nitrogen and oxygen atoms in total. The van der Waals surface area contributed by atoms with Gasteiger partial charge in [0, 0.05) is 10.5 Å². The van der Waals surface area contributed by atoms with Crippen molar-refractivity contribution >= 4 is 5.97 Å². The van der Waals surface area contributed by atoms with Gasteiger partial charge >= 0.3 is 5.97 Å². The van der Waals surface area contributed by atoms with Gasteiger partial charge in [-0.05, 0) is 18.6 Å². The van der Waals surface area contributed by atoms with Gasteiger partial charge in [0.2, 0.25) is 6.54 Å². The molecule has 0 bridgehead atoms. The van der Waals surface area contributed by atoms with Crippen LogP contribution in [0.3, 0.4) is 0 Å². The Bertz CT molecular complexity index is 386. The highest BCUT2D eigenvalue weighted by atomic mass is 16.6. The lowest BCUT2D eigenvalue weighted by atomic mass is 10.0. The molecule has 1 aromatic carbocycles. The maximum Gasteiger partial charge on any atom is 0.335 e. The van der Waals surface area contributed by atoms with E-state index in [4.69, 9.17) is 5.11 Å². The molecular weight excluding hydrogens is 186 g/mol. The van der Waals surface area contributed by atoms with Crippen molar-refractivity contribution < 1.29 is 14.8 Å². The third-order valence-electron chi connectivity index (χ3n) is 1.98. The molecule has 74 valence electrons. The summed E-state index contributed by atoms with van der Waals surface area (Å²) in [5.74, 6) is -1.06. The number of aromatic carboxylic acids is 1. The molecule has 0 spiro atoms. The molecule has 14 heavy (non-hydrogen) atoms. The van der Waals surface area contributed by atoms with Gasteiger partial charge in [-0.25, -0.2) is 4.79 Å². The summed E-state index contributed by atoms with van der Waals surface area (Å²) in [6.45, 7) is 1.23. The number of benzene rings is 1. The molecular formula is C9H9NO4. The molecule has 0 fully saturated rings. The van der Waals surface area contributed by atoms with E-state index in [1.165, 1.54) is 12.1 Å². The third kappa shape index (κ3) is 2.07. The Morgan fingerprint density at radius 1 is 1.57 bits per heavy atom. The van der Waals surface area contributed by atoms with Crippen LogP contribution in [-0.2, 0) is 6.54 Å². The number of carbonyl (C=O) groups is 1. The maximum atomic E-state index is 10.7. The van der Waals surface area contributed by atoms with Gasteiger partial charge in [0.25, 0.3) is 0 Å². The summed E-state index contributed by atoms with van der Waals surface area (Å²) in [7, 11) is 0. The van der Waals surface area contributed by atoms with Crippen LogP contribution >= 0.6 is 0 Å². The normalized spacial score (nSPS) is 9.79. The molecule has 0 heterocycles. The van der Waals surface area contributed by atoms with Crippen molar-refractivity contribution in [1.29, 1.82) is 0 Å². The van der Waals surface area contributed by atoms with Crippen molar-refractivity contribution in [2.75, 3.05) is 0 Å². The highest BCUT2D eigenvalue weighted by molar-refractivity contribution is 5.89. The second-order valence-electron chi connectivity index (χ2n) is 2.89. The van der Waals surface area contributed by atoms with Crippen LogP contribution in [0.2, 0.25) is 0 Å². The Balaban J connectivity index is 3.13. The molecule has 0 radical (unpaired) electrons. The minimum atomic E-state index is -1.06. The molecule has 0 saturated carbocycles. The van der Waals surface area contributed by atoms with E-state index in [0.29, 0.717) is 11.1 Å². The predicted octanol–water partition coefficient (Wildman–Crippen LogP) is 1.47. The van der Waals surface area contributed by atoms with Crippen molar-refractivity contribution in [2.24, 2.45) is 0 Å². The Morgan fingerprint density at radius 2 is 2.21 bits per heavy atom. The van der Waals surface area contributed by atoms with Crippen LogP contribution in [0.15, 0.2) is 18.2 Å². The van der Waals surface area contributed by atoms with Gasteiger partial charge < -0.3 is 5.11 Å². The Labute approximate surface area is 80.1 Å². The van der Waals surface area contributed by atoms with Gasteiger partial charge in [0.15, 0.2) is 0 Å². The van der Waals surface area contributed by atoms with E-state index < -0.39 is 10.9 Å². The first-order valence-corrected chi connectivity index (χ1v) is 3.96. The first-order chi connectivity index (χ1) is 6.52. The number of hydrogen-bond acceptors (Lipinski definition) is 3. The van der Waals surface area contributed by atoms with Crippen LogP contribution in [-0.4, -0.2) is 16.0 Å². The topological polar surface area (TPSA) is 80.4 Å². The van der Waals surface area contributed by atoms with Gasteiger partial charge in [0.05, 0.1) is 5.56 Å². The molecule has 1 N–H and O–H groups in total. The lowest BCUT2D eigenvalue weighted by Gasteiger charge is -2.04. The number of nitrogens with zero attached hydrogens (tertiary/aromatic N) is 1. The monoisotopic (exact) mass is 195 g/mol. The van der Waals surface area contributed by atoms with Gasteiger partial charge in [-0.15, -0.1) is 0 Å². The molecule has 0 amide bonds. The maximum absolute atomic E-state index is 10.7. The molecule has 0 aliphatic rings. The highest BCUT2D eigenvalue weighted by Gasteiger charge is 2.12. The summed E-state index contributed by atoms with van der Waals surface area (Å²) in [5, 5.41) is 19.0. The second kappa shape index (κ2) is 3.87. The summed E-state index contributed by atoms with van der Waals surface area (Å²) in [5.41, 5.74) is 1.01. The fourth-order valence-electron chi connectivity index (χ4n) is 1.23. The van der Waals surface area contributed by atoms with Crippen LogP contribution in [0.5, 0.6) is 0 Å². The van der Waals surface area contributed by atoms with E-state index in [2.05, 4.69) is 0 Å². The Kier molecular flexibility index (Phi) is 2.81. The smallest absolute Gasteiger partial charge is 0.335 e. The largest absolute Gasteiger partial charge is 0.478 e. The molecule has 0 aromatic heterocycles. The van der Waals surface area contributed by atoms with E-state index >= 15 is 0 Å². The lowest BCUT2D eigenvalue weighted by Crippen LogP contribution is -2.06. The van der Waals surface area contributed by atoms with Crippen molar-refractivity contribution in [1.82, 2.24) is 0 Å². The fourth-order valence-corrected chi connectivity index (χ4v) is 1.23. The van der Waals surface area contributed by atoms with Crippen LogP contribution in [0.1, 0.15) is 21.5 Å². The zero-order valence-electron chi connectivity index (χ0n) is 7.56. The molecule has 1 aromatic rings. The van der Waals surface area contributed by atoms with Gasteiger partial charge in [0.1, 0.15) is 0 Å². The van der Waals surface area contributed by atoms with Gasteiger partial charge in [-0.3, -0.25) is 10.1 Å². The lowest BCUT2D eigenvalue weighted by molar-refractivity contribution is -0.496. The van der Waals surface area contributed by atoms with E-state index in [9.17, 15) is 14.9 Å². The van der Waals surface area contributed by atoms with Gasteiger partial charge in [-0.1, -0.05) is 12.1 Å². The van der Waals surface area contributed by atoms with E-state index in [-0.39, 0.29) is 12.1 Å². The van der Waals surface area contributed by atoms with Crippen molar-refractivity contribution in [2.45, 2.75) is 13.5 Å². The standard InChI is InChI=1S/C9H9NO4/c1-6-7(5-10(13)14)3-2-4-8(6)9(11)12/h2-4H,5H2,1H3,(H,11,12). The molecule has 0 aliphatic heterocycles.